The Morgan fingerprint density at radius 2 is 1.90 bits per heavy atom. The van der Waals surface area contributed by atoms with Crippen LogP contribution in [-0.2, 0) is 14.3 Å². The molecule has 0 aliphatic carbocycles. The first kappa shape index (κ1) is 24.2. The molecule has 0 aromatic carbocycles. The van der Waals surface area contributed by atoms with Gasteiger partial charge in [0.05, 0.1) is 11.5 Å². The van der Waals surface area contributed by atoms with E-state index in [0.29, 0.717) is 19.4 Å². The van der Waals surface area contributed by atoms with Crippen LogP contribution in [0.1, 0.15) is 33.6 Å². The number of rotatable bonds is 5. The molecule has 0 aromatic heterocycles. The van der Waals surface area contributed by atoms with Crippen molar-refractivity contribution in [2.75, 3.05) is 13.1 Å². The Labute approximate surface area is 168 Å². The van der Waals surface area contributed by atoms with Crippen LogP contribution in [0.15, 0.2) is 28.9 Å². The predicted molar refractivity (Wildman–Crippen MR) is 103 cm³/mol. The van der Waals surface area contributed by atoms with Crippen molar-refractivity contribution in [1.29, 1.82) is 0 Å². The van der Waals surface area contributed by atoms with Crippen molar-refractivity contribution in [3.63, 3.8) is 0 Å². The molecule has 11 heteroatoms. The summed E-state index contributed by atoms with van der Waals surface area (Å²) in [6.45, 7) is 12.0. The van der Waals surface area contributed by atoms with Crippen LogP contribution >= 0.6 is 0 Å². The third-order valence-electron chi connectivity index (χ3n) is 3.92. The Balaban J connectivity index is 2.75. The van der Waals surface area contributed by atoms with Gasteiger partial charge < -0.3 is 9.64 Å². The van der Waals surface area contributed by atoms with E-state index in [1.807, 2.05) is 5.43 Å². The van der Waals surface area contributed by atoms with Crippen molar-refractivity contribution in [3.05, 3.63) is 23.9 Å². The second-order valence-electron chi connectivity index (χ2n) is 7.46. The SMILES string of the molecule is C=C/C(C(=O)NNC(=O)C1CCCN(C(=O)OC(C)(C)C)C1)=C(\N=C)C(N)(F)F. The highest BCUT2D eigenvalue weighted by molar-refractivity contribution is 5.98. The molecule has 0 saturated carbocycles. The van der Waals surface area contributed by atoms with Crippen LogP contribution in [0.5, 0.6) is 0 Å². The first-order valence-corrected chi connectivity index (χ1v) is 8.89. The van der Waals surface area contributed by atoms with Crippen molar-refractivity contribution in [1.82, 2.24) is 15.8 Å². The van der Waals surface area contributed by atoms with Gasteiger partial charge in [-0.2, -0.15) is 8.78 Å². The molecule has 162 valence electrons. The number of nitrogens with two attached hydrogens (primary N) is 1. The molecule has 1 rings (SSSR count). The molecule has 3 amide bonds. The van der Waals surface area contributed by atoms with Crippen LogP contribution in [0.4, 0.5) is 13.6 Å². The number of hydrogen-bond acceptors (Lipinski definition) is 6. The fraction of sp³-hybridized carbons (Fsp3) is 0.556. The lowest BCUT2D eigenvalue weighted by Crippen LogP contribution is -2.51. The summed E-state index contributed by atoms with van der Waals surface area (Å²) < 4.78 is 32.0. The predicted octanol–water partition coefficient (Wildman–Crippen LogP) is 1.47. The number of ether oxygens (including phenoxy) is 1. The number of carbonyl (C=O) groups is 3. The number of hydrazine groups is 1. The van der Waals surface area contributed by atoms with Crippen molar-refractivity contribution in [2.24, 2.45) is 16.6 Å². The highest BCUT2D eigenvalue weighted by Crippen LogP contribution is 2.23. The molecule has 0 bridgehead atoms. The number of alkyl halides is 2. The minimum atomic E-state index is -3.91. The van der Waals surface area contributed by atoms with Gasteiger partial charge in [0.25, 0.3) is 5.91 Å². The third kappa shape index (κ3) is 7.26. The number of amides is 3. The smallest absolute Gasteiger partial charge is 0.410 e. The van der Waals surface area contributed by atoms with Gasteiger partial charge in [-0.15, -0.1) is 0 Å². The molecule has 1 saturated heterocycles. The highest BCUT2D eigenvalue weighted by Gasteiger charge is 2.34. The van der Waals surface area contributed by atoms with E-state index >= 15 is 0 Å². The molecule has 1 atom stereocenters. The van der Waals surface area contributed by atoms with E-state index in [1.165, 1.54) is 4.90 Å². The fourth-order valence-corrected chi connectivity index (χ4v) is 2.64. The van der Waals surface area contributed by atoms with Crippen molar-refractivity contribution >= 4 is 24.6 Å². The van der Waals surface area contributed by atoms with E-state index < -0.39 is 46.7 Å². The van der Waals surface area contributed by atoms with Crippen LogP contribution in [0.2, 0.25) is 0 Å². The molecule has 4 N–H and O–H groups in total. The molecule has 1 aliphatic rings. The monoisotopic (exact) mass is 415 g/mol. The standard InChI is InChI=1S/C18H27F2N5O4/c1-6-12(13(22-5)18(19,20)21)15(27)24-23-14(26)11-8-7-9-25(10-11)16(28)29-17(2,3)4/h6,11H,1,5,7-10,21H2,2-4H3,(H,23,26)(H,24,27)/b13-12+. The maximum Gasteiger partial charge on any atom is 0.410 e. The van der Waals surface area contributed by atoms with Gasteiger partial charge in [0, 0.05) is 13.1 Å². The summed E-state index contributed by atoms with van der Waals surface area (Å²) in [5, 5.41) is 0. The molecule has 1 heterocycles. The number of halogens is 2. The molecule has 1 fully saturated rings. The molecule has 0 spiro atoms. The van der Waals surface area contributed by atoms with Crippen LogP contribution in [-0.4, -0.2) is 54.3 Å². The molecule has 9 nitrogen and oxygen atoms in total. The van der Waals surface area contributed by atoms with Crippen LogP contribution in [0.25, 0.3) is 0 Å². The van der Waals surface area contributed by atoms with E-state index in [4.69, 9.17) is 4.74 Å². The quantitative estimate of drug-likeness (QED) is 0.206. The molecular weight excluding hydrogens is 388 g/mol. The van der Waals surface area contributed by atoms with E-state index in [0.717, 1.165) is 6.08 Å². The maximum absolute atomic E-state index is 13.3. The van der Waals surface area contributed by atoms with Gasteiger partial charge >= 0.3 is 12.1 Å². The largest absolute Gasteiger partial charge is 0.444 e. The number of nitrogens with one attached hydrogen (secondary N) is 2. The molecule has 0 aromatic rings. The topological polar surface area (TPSA) is 126 Å². The zero-order valence-electron chi connectivity index (χ0n) is 16.8. The normalized spacial score (nSPS) is 18.3. The summed E-state index contributed by atoms with van der Waals surface area (Å²) >= 11 is 0. The minimum Gasteiger partial charge on any atom is -0.444 e. The van der Waals surface area contributed by atoms with Gasteiger partial charge in [-0.1, -0.05) is 12.7 Å². The first-order valence-electron chi connectivity index (χ1n) is 8.89. The van der Waals surface area contributed by atoms with E-state index in [1.54, 1.807) is 20.8 Å². The van der Waals surface area contributed by atoms with Crippen molar-refractivity contribution in [3.8, 4) is 0 Å². The van der Waals surface area contributed by atoms with Crippen LogP contribution < -0.4 is 16.6 Å². The lowest BCUT2D eigenvalue weighted by atomic mass is 9.98. The van der Waals surface area contributed by atoms with E-state index in [9.17, 15) is 23.2 Å². The molecular formula is C18H27F2N5O4. The minimum absolute atomic E-state index is 0.0983. The molecule has 1 aliphatic heterocycles. The second-order valence-corrected chi connectivity index (χ2v) is 7.46. The summed E-state index contributed by atoms with van der Waals surface area (Å²) in [5.41, 5.74) is 6.47. The summed E-state index contributed by atoms with van der Waals surface area (Å²) in [7, 11) is 0. The van der Waals surface area contributed by atoms with E-state index in [2.05, 4.69) is 29.4 Å². The fourth-order valence-electron chi connectivity index (χ4n) is 2.64. The number of carbonyl (C=O) groups excluding carboxylic acids is 3. The van der Waals surface area contributed by atoms with Crippen LogP contribution in [0.3, 0.4) is 0 Å². The van der Waals surface area contributed by atoms with Crippen molar-refractivity contribution in [2.45, 2.75) is 45.3 Å². The van der Waals surface area contributed by atoms with Gasteiger partial charge in [0.15, 0.2) is 0 Å². The number of likely N-dealkylation sites (tertiary alicyclic amines) is 1. The molecule has 0 radical (unpaired) electrons. The molecule has 1 unspecified atom stereocenters. The third-order valence-corrected chi connectivity index (χ3v) is 3.92. The average molecular weight is 415 g/mol. The number of aliphatic imine (C=N–C) groups is 1. The Morgan fingerprint density at radius 1 is 1.28 bits per heavy atom. The Kier molecular flexibility index (Phi) is 8.01. The first-order chi connectivity index (χ1) is 13.3. The Morgan fingerprint density at radius 3 is 2.38 bits per heavy atom. The summed E-state index contributed by atoms with van der Waals surface area (Å²) in [6.07, 6.45) is 1.33. The van der Waals surface area contributed by atoms with Gasteiger partial charge in [-0.25, -0.2) is 4.79 Å². The van der Waals surface area contributed by atoms with E-state index in [-0.39, 0.29) is 6.54 Å². The van der Waals surface area contributed by atoms with Crippen molar-refractivity contribution < 1.29 is 27.9 Å². The average Bonchev–Trinajstić information content (AvgIpc) is 2.61. The van der Waals surface area contributed by atoms with Gasteiger partial charge in [0.1, 0.15) is 11.3 Å². The van der Waals surface area contributed by atoms with Gasteiger partial charge in [-0.3, -0.25) is 31.2 Å². The zero-order chi connectivity index (χ0) is 22.4. The Hall–Kier alpha value is -2.82. The summed E-state index contributed by atoms with van der Waals surface area (Å²) in [6, 6.07) is -3.91. The summed E-state index contributed by atoms with van der Waals surface area (Å²) in [5.74, 6) is -2.27. The maximum atomic E-state index is 13.3. The number of nitrogens with zero attached hydrogens (tertiary/aromatic N) is 2. The van der Waals surface area contributed by atoms with Gasteiger partial charge in [0.2, 0.25) is 5.91 Å². The Bertz CT molecular complexity index is 710. The lowest BCUT2D eigenvalue weighted by molar-refractivity contribution is -0.131. The zero-order valence-corrected chi connectivity index (χ0v) is 16.8. The molecule has 29 heavy (non-hydrogen) atoms. The second kappa shape index (κ2) is 9.59. The highest BCUT2D eigenvalue weighted by atomic mass is 19.3. The lowest BCUT2D eigenvalue weighted by Gasteiger charge is -2.33. The summed E-state index contributed by atoms with van der Waals surface area (Å²) in [4.78, 5) is 41.1. The number of piperidine rings is 1. The van der Waals surface area contributed by atoms with Gasteiger partial charge in [-0.05, 0) is 40.3 Å². The number of hydrogen-bond donors (Lipinski definition) is 3. The van der Waals surface area contributed by atoms with Crippen LogP contribution in [0, 0.1) is 5.92 Å².